The van der Waals surface area contributed by atoms with Gasteiger partial charge in [-0.15, -0.1) is 0 Å². The Balaban J connectivity index is 1.59. The maximum Gasteiger partial charge on any atom is 0.254 e. The van der Waals surface area contributed by atoms with E-state index in [0.29, 0.717) is 31.1 Å². The van der Waals surface area contributed by atoms with Gasteiger partial charge in [0.25, 0.3) is 5.91 Å². The molecule has 6 heteroatoms. The van der Waals surface area contributed by atoms with Crippen molar-refractivity contribution >= 4 is 11.8 Å². The Kier molecular flexibility index (Phi) is 6.98. The molecular weight excluding hydrogens is 440 g/mol. The van der Waals surface area contributed by atoms with Crippen LogP contribution in [0.25, 0.3) is 0 Å². The Hall–Kier alpha value is -3.02. The summed E-state index contributed by atoms with van der Waals surface area (Å²) in [4.78, 5) is 29.5. The minimum absolute atomic E-state index is 0.00149. The summed E-state index contributed by atoms with van der Waals surface area (Å²) in [5, 5.41) is 3.39. The second-order valence-electron chi connectivity index (χ2n) is 9.82. The number of rotatable bonds is 6. The van der Waals surface area contributed by atoms with E-state index in [2.05, 4.69) is 5.32 Å². The third kappa shape index (κ3) is 4.51. The van der Waals surface area contributed by atoms with Crippen LogP contribution in [0.2, 0.25) is 0 Å². The molecule has 2 aromatic carbocycles. The predicted octanol–water partition coefficient (Wildman–Crippen LogP) is 5.16. The van der Waals surface area contributed by atoms with Crippen LogP contribution in [0, 0.1) is 0 Å². The van der Waals surface area contributed by atoms with Crippen LogP contribution in [0.15, 0.2) is 36.4 Å². The summed E-state index contributed by atoms with van der Waals surface area (Å²) >= 11 is 0. The molecule has 5 rings (SSSR count). The molecule has 1 fully saturated rings. The molecule has 0 aromatic heterocycles. The third-order valence-electron chi connectivity index (χ3n) is 7.67. The van der Waals surface area contributed by atoms with Crippen LogP contribution in [-0.2, 0) is 11.2 Å². The highest BCUT2D eigenvalue weighted by molar-refractivity contribution is 6.01. The summed E-state index contributed by atoms with van der Waals surface area (Å²) in [5.41, 5.74) is 3.58. The normalized spacial score (nSPS) is 21.9. The lowest BCUT2D eigenvalue weighted by Crippen LogP contribution is -2.51. The lowest BCUT2D eigenvalue weighted by molar-refractivity contribution is -0.125. The molecule has 0 unspecified atom stereocenters. The van der Waals surface area contributed by atoms with Crippen molar-refractivity contribution in [2.45, 2.75) is 76.8 Å². The SMILES string of the molecule is CCOc1cc2c(cc1OCC)[C@H]1[C@H](C(=O)NC3CCCCCC3)c3ccccc3C(=O)N1CC2. The van der Waals surface area contributed by atoms with Crippen LogP contribution >= 0.6 is 0 Å². The molecule has 0 saturated heterocycles. The number of carbonyl (C=O) groups is 2. The van der Waals surface area contributed by atoms with Gasteiger partial charge in [0, 0.05) is 18.2 Å². The molecule has 6 nitrogen and oxygen atoms in total. The van der Waals surface area contributed by atoms with Gasteiger partial charge in [-0.2, -0.15) is 0 Å². The Bertz CT molecular complexity index is 1090. The zero-order valence-corrected chi connectivity index (χ0v) is 20.8. The van der Waals surface area contributed by atoms with E-state index in [-0.39, 0.29) is 23.9 Å². The summed E-state index contributed by atoms with van der Waals surface area (Å²) < 4.78 is 11.8. The number of carbonyl (C=O) groups excluding carboxylic acids is 2. The van der Waals surface area contributed by atoms with E-state index in [4.69, 9.17) is 9.47 Å². The monoisotopic (exact) mass is 476 g/mol. The van der Waals surface area contributed by atoms with E-state index < -0.39 is 5.92 Å². The molecule has 2 amide bonds. The maximum absolute atomic E-state index is 14.0. The first-order valence-electron chi connectivity index (χ1n) is 13.2. The van der Waals surface area contributed by atoms with Gasteiger partial charge in [0.05, 0.1) is 25.2 Å². The zero-order chi connectivity index (χ0) is 24.4. The molecule has 2 heterocycles. The van der Waals surface area contributed by atoms with Gasteiger partial charge in [0.1, 0.15) is 0 Å². The molecule has 1 aliphatic carbocycles. The van der Waals surface area contributed by atoms with Gasteiger partial charge in [-0.05, 0) is 68.0 Å². The highest BCUT2D eigenvalue weighted by Gasteiger charge is 2.47. The summed E-state index contributed by atoms with van der Waals surface area (Å²) in [7, 11) is 0. The van der Waals surface area contributed by atoms with E-state index >= 15 is 0 Å². The zero-order valence-electron chi connectivity index (χ0n) is 20.8. The van der Waals surface area contributed by atoms with E-state index in [1.165, 1.54) is 12.8 Å². The fourth-order valence-corrected chi connectivity index (χ4v) is 6.07. The number of hydrogen-bond acceptors (Lipinski definition) is 4. The topological polar surface area (TPSA) is 67.9 Å². The Morgan fingerprint density at radius 2 is 1.66 bits per heavy atom. The molecule has 2 atom stereocenters. The standard InChI is InChI=1S/C29H36N2O4/c1-3-34-24-17-19-15-16-31-27(23(19)18-25(24)35-4-2)26(21-13-9-10-14-22(21)29(31)33)28(32)30-20-11-7-5-6-8-12-20/h9-10,13-14,17-18,20,26-27H,3-8,11-12,15-16H2,1-2H3,(H,30,32)/t26-,27+/m1/s1. The Labute approximate surface area is 208 Å². The molecule has 3 aliphatic rings. The van der Waals surface area contributed by atoms with Crippen molar-refractivity contribution in [2.75, 3.05) is 19.8 Å². The quantitative estimate of drug-likeness (QED) is 0.585. The molecule has 186 valence electrons. The first-order chi connectivity index (χ1) is 17.1. The van der Waals surface area contributed by atoms with E-state index in [1.807, 2.05) is 55.1 Å². The number of fused-ring (bicyclic) bond motifs is 4. The highest BCUT2D eigenvalue weighted by atomic mass is 16.5. The van der Waals surface area contributed by atoms with Crippen molar-refractivity contribution in [3.63, 3.8) is 0 Å². The second kappa shape index (κ2) is 10.3. The average Bonchev–Trinajstić information content (AvgIpc) is 3.13. The van der Waals surface area contributed by atoms with Gasteiger partial charge >= 0.3 is 0 Å². The van der Waals surface area contributed by atoms with Crippen molar-refractivity contribution in [3.8, 4) is 11.5 Å². The Morgan fingerprint density at radius 3 is 2.37 bits per heavy atom. The summed E-state index contributed by atoms with van der Waals surface area (Å²) in [6.45, 7) is 5.55. The fraction of sp³-hybridized carbons (Fsp3) is 0.517. The first-order valence-corrected chi connectivity index (χ1v) is 13.2. The third-order valence-corrected chi connectivity index (χ3v) is 7.67. The van der Waals surface area contributed by atoms with Crippen LogP contribution in [-0.4, -0.2) is 42.5 Å². The molecule has 0 spiro atoms. The van der Waals surface area contributed by atoms with Crippen molar-refractivity contribution in [1.29, 1.82) is 0 Å². The highest BCUT2D eigenvalue weighted by Crippen LogP contribution is 2.48. The number of hydrogen-bond donors (Lipinski definition) is 1. The van der Waals surface area contributed by atoms with E-state index in [9.17, 15) is 9.59 Å². The second-order valence-corrected chi connectivity index (χ2v) is 9.82. The summed E-state index contributed by atoms with van der Waals surface area (Å²) in [6.07, 6.45) is 7.55. The number of ether oxygens (including phenoxy) is 2. The minimum Gasteiger partial charge on any atom is -0.490 e. The fourth-order valence-electron chi connectivity index (χ4n) is 6.07. The number of benzene rings is 2. The molecular formula is C29H36N2O4. The van der Waals surface area contributed by atoms with Crippen molar-refractivity contribution in [3.05, 3.63) is 58.7 Å². The summed E-state index contributed by atoms with van der Waals surface area (Å²) in [5.74, 6) is 0.958. The van der Waals surface area contributed by atoms with Crippen LogP contribution < -0.4 is 14.8 Å². The van der Waals surface area contributed by atoms with Crippen LogP contribution in [0.3, 0.4) is 0 Å². The molecule has 1 N–H and O–H groups in total. The molecule has 2 aromatic rings. The minimum atomic E-state index is -0.460. The lowest BCUT2D eigenvalue weighted by atomic mass is 9.75. The van der Waals surface area contributed by atoms with Crippen molar-refractivity contribution < 1.29 is 19.1 Å². The molecule has 35 heavy (non-hydrogen) atoms. The maximum atomic E-state index is 14.0. The smallest absolute Gasteiger partial charge is 0.254 e. The van der Waals surface area contributed by atoms with E-state index in [1.54, 1.807) is 0 Å². The number of nitrogens with zero attached hydrogens (tertiary/aromatic N) is 1. The molecule has 0 radical (unpaired) electrons. The molecule has 0 bridgehead atoms. The number of nitrogens with one attached hydrogen (secondary N) is 1. The van der Waals surface area contributed by atoms with Crippen molar-refractivity contribution in [1.82, 2.24) is 10.2 Å². The summed E-state index contributed by atoms with van der Waals surface area (Å²) in [6, 6.07) is 11.5. The Morgan fingerprint density at radius 1 is 0.971 bits per heavy atom. The first kappa shape index (κ1) is 23.7. The van der Waals surface area contributed by atoms with Gasteiger partial charge < -0.3 is 19.7 Å². The van der Waals surface area contributed by atoms with Gasteiger partial charge in [0.2, 0.25) is 5.91 Å². The largest absolute Gasteiger partial charge is 0.490 e. The van der Waals surface area contributed by atoms with Crippen LogP contribution in [0.5, 0.6) is 11.5 Å². The van der Waals surface area contributed by atoms with Gasteiger partial charge in [-0.3, -0.25) is 9.59 Å². The average molecular weight is 477 g/mol. The van der Waals surface area contributed by atoms with Gasteiger partial charge in [-0.1, -0.05) is 43.9 Å². The lowest BCUT2D eigenvalue weighted by Gasteiger charge is -2.45. The van der Waals surface area contributed by atoms with Crippen LogP contribution in [0.4, 0.5) is 0 Å². The van der Waals surface area contributed by atoms with Crippen LogP contribution in [0.1, 0.15) is 91.4 Å². The van der Waals surface area contributed by atoms with Gasteiger partial charge in [-0.25, -0.2) is 0 Å². The molecule has 1 saturated carbocycles. The van der Waals surface area contributed by atoms with Crippen molar-refractivity contribution in [2.24, 2.45) is 0 Å². The predicted molar refractivity (Wildman–Crippen MR) is 135 cm³/mol. The molecule has 2 aliphatic heterocycles. The number of amides is 2. The van der Waals surface area contributed by atoms with E-state index in [0.717, 1.165) is 54.5 Å². The van der Waals surface area contributed by atoms with Gasteiger partial charge in [0.15, 0.2) is 11.5 Å².